The summed E-state index contributed by atoms with van der Waals surface area (Å²) >= 11 is 0. The molecule has 2 aliphatic heterocycles. The maximum Gasteiger partial charge on any atom is 0.228 e. The molecule has 0 unspecified atom stereocenters. The van der Waals surface area contributed by atoms with E-state index in [1.807, 2.05) is 9.80 Å². The summed E-state index contributed by atoms with van der Waals surface area (Å²) in [4.78, 5) is 40.0. The molecular formula is C26H38N4O2. The Hall–Kier alpha value is -1.98. The van der Waals surface area contributed by atoms with Gasteiger partial charge in [-0.25, -0.2) is 9.97 Å². The molecule has 6 heteroatoms. The van der Waals surface area contributed by atoms with Crippen LogP contribution in [0.15, 0.2) is 0 Å². The molecule has 0 spiro atoms. The van der Waals surface area contributed by atoms with E-state index in [1.165, 1.54) is 57.8 Å². The van der Waals surface area contributed by atoms with E-state index in [1.54, 1.807) is 0 Å². The third-order valence-corrected chi connectivity index (χ3v) is 8.33. The number of aromatic nitrogens is 2. The van der Waals surface area contributed by atoms with Crippen molar-refractivity contribution in [1.82, 2.24) is 14.9 Å². The van der Waals surface area contributed by atoms with Crippen LogP contribution in [-0.4, -0.2) is 39.8 Å². The number of anilines is 1. The number of aryl methyl sites for hydroxylation is 1. The SMILES string of the molecule is Cc1nc([C@H]2CCCN2C(=O)CC2CCCC2)nc2c1CCC(=O)N2CC1CCCCC1. The Bertz CT molecular complexity index is 858. The van der Waals surface area contributed by atoms with Gasteiger partial charge in [-0.3, -0.25) is 14.5 Å². The van der Waals surface area contributed by atoms with Crippen LogP contribution < -0.4 is 4.90 Å². The largest absolute Gasteiger partial charge is 0.332 e. The maximum absolute atomic E-state index is 13.1. The molecule has 174 valence electrons. The highest BCUT2D eigenvalue weighted by atomic mass is 16.2. The topological polar surface area (TPSA) is 66.4 Å². The molecule has 0 aromatic carbocycles. The van der Waals surface area contributed by atoms with E-state index >= 15 is 0 Å². The first-order chi connectivity index (χ1) is 15.6. The van der Waals surface area contributed by atoms with Crippen molar-refractivity contribution >= 4 is 17.6 Å². The van der Waals surface area contributed by atoms with Crippen molar-refractivity contribution in [3.05, 3.63) is 17.1 Å². The lowest BCUT2D eigenvalue weighted by atomic mass is 9.88. The van der Waals surface area contributed by atoms with Crippen LogP contribution >= 0.6 is 0 Å². The number of likely N-dealkylation sites (tertiary alicyclic amines) is 1. The van der Waals surface area contributed by atoms with Gasteiger partial charge in [-0.1, -0.05) is 32.1 Å². The van der Waals surface area contributed by atoms with Crippen LogP contribution in [0.25, 0.3) is 0 Å². The van der Waals surface area contributed by atoms with E-state index in [9.17, 15) is 9.59 Å². The molecule has 3 heterocycles. The van der Waals surface area contributed by atoms with Gasteiger partial charge in [0.1, 0.15) is 5.82 Å². The number of nitrogens with zero attached hydrogens (tertiary/aromatic N) is 4. The van der Waals surface area contributed by atoms with Crippen molar-refractivity contribution in [3.8, 4) is 0 Å². The van der Waals surface area contributed by atoms with Gasteiger partial charge >= 0.3 is 0 Å². The minimum atomic E-state index is -0.0403. The molecule has 4 aliphatic rings. The molecule has 1 aromatic heterocycles. The van der Waals surface area contributed by atoms with Gasteiger partial charge in [0.05, 0.1) is 6.04 Å². The second-order valence-electron chi connectivity index (χ2n) is 10.6. The minimum Gasteiger partial charge on any atom is -0.332 e. The van der Waals surface area contributed by atoms with Crippen molar-refractivity contribution in [2.75, 3.05) is 18.0 Å². The quantitative estimate of drug-likeness (QED) is 0.657. The predicted octanol–water partition coefficient (Wildman–Crippen LogP) is 4.89. The summed E-state index contributed by atoms with van der Waals surface area (Å²) in [6, 6.07) is -0.0403. The number of carbonyl (C=O) groups excluding carboxylic acids is 2. The summed E-state index contributed by atoms with van der Waals surface area (Å²) in [5.74, 6) is 3.19. The van der Waals surface area contributed by atoms with E-state index in [4.69, 9.17) is 9.97 Å². The number of amides is 2. The second-order valence-corrected chi connectivity index (χ2v) is 10.6. The monoisotopic (exact) mass is 438 g/mol. The van der Waals surface area contributed by atoms with Gasteiger partial charge in [-0.15, -0.1) is 0 Å². The summed E-state index contributed by atoms with van der Waals surface area (Å²) in [6.45, 7) is 3.65. The summed E-state index contributed by atoms with van der Waals surface area (Å²) < 4.78 is 0. The minimum absolute atomic E-state index is 0.0403. The lowest BCUT2D eigenvalue weighted by molar-refractivity contribution is -0.133. The molecule has 32 heavy (non-hydrogen) atoms. The maximum atomic E-state index is 13.1. The van der Waals surface area contributed by atoms with Gasteiger partial charge in [-0.2, -0.15) is 0 Å². The molecular weight excluding hydrogens is 400 g/mol. The molecule has 2 amide bonds. The third-order valence-electron chi connectivity index (χ3n) is 8.33. The molecule has 3 fully saturated rings. The van der Waals surface area contributed by atoms with Crippen LogP contribution in [0.3, 0.4) is 0 Å². The fourth-order valence-electron chi connectivity index (χ4n) is 6.48. The zero-order chi connectivity index (χ0) is 22.1. The lowest BCUT2D eigenvalue weighted by Gasteiger charge is -2.34. The Morgan fingerprint density at radius 1 is 0.906 bits per heavy atom. The van der Waals surface area contributed by atoms with Crippen LogP contribution in [0, 0.1) is 18.8 Å². The summed E-state index contributed by atoms with van der Waals surface area (Å²) in [5.41, 5.74) is 2.12. The van der Waals surface area contributed by atoms with E-state index < -0.39 is 0 Å². The molecule has 1 aromatic rings. The van der Waals surface area contributed by atoms with Crippen LogP contribution in [-0.2, 0) is 16.0 Å². The van der Waals surface area contributed by atoms with Crippen LogP contribution in [0.1, 0.15) is 107 Å². The predicted molar refractivity (Wildman–Crippen MR) is 124 cm³/mol. The first-order valence-electron chi connectivity index (χ1n) is 13.1. The zero-order valence-electron chi connectivity index (χ0n) is 19.7. The molecule has 0 bridgehead atoms. The van der Waals surface area contributed by atoms with Crippen LogP contribution in [0.5, 0.6) is 0 Å². The van der Waals surface area contributed by atoms with Gasteiger partial charge in [0, 0.05) is 37.2 Å². The fraction of sp³-hybridized carbons (Fsp3) is 0.769. The van der Waals surface area contributed by atoms with Crippen molar-refractivity contribution in [2.24, 2.45) is 11.8 Å². The van der Waals surface area contributed by atoms with E-state index in [0.29, 0.717) is 24.7 Å². The highest BCUT2D eigenvalue weighted by Gasteiger charge is 2.36. The van der Waals surface area contributed by atoms with Crippen molar-refractivity contribution < 1.29 is 9.59 Å². The normalized spacial score (nSPS) is 24.9. The Morgan fingerprint density at radius 3 is 2.41 bits per heavy atom. The lowest BCUT2D eigenvalue weighted by Crippen LogP contribution is -2.41. The average Bonchev–Trinajstić information content (AvgIpc) is 3.48. The first-order valence-corrected chi connectivity index (χ1v) is 13.1. The molecule has 6 nitrogen and oxygen atoms in total. The Balaban J connectivity index is 1.39. The van der Waals surface area contributed by atoms with Crippen molar-refractivity contribution in [2.45, 2.75) is 103 Å². The highest BCUT2D eigenvalue weighted by Crippen LogP contribution is 2.37. The number of rotatable bonds is 5. The molecule has 0 radical (unpaired) electrons. The Kier molecular flexibility index (Phi) is 6.47. The Morgan fingerprint density at radius 2 is 1.62 bits per heavy atom. The summed E-state index contributed by atoms with van der Waals surface area (Å²) in [7, 11) is 0. The number of hydrogen-bond donors (Lipinski definition) is 0. The van der Waals surface area contributed by atoms with Gasteiger partial charge < -0.3 is 4.90 Å². The average molecular weight is 439 g/mol. The fourth-order valence-corrected chi connectivity index (χ4v) is 6.48. The molecule has 1 atom stereocenters. The summed E-state index contributed by atoms with van der Waals surface area (Å²) in [6.07, 6.45) is 15.1. The van der Waals surface area contributed by atoms with Gasteiger partial charge in [0.25, 0.3) is 0 Å². The van der Waals surface area contributed by atoms with E-state index in [0.717, 1.165) is 55.3 Å². The second kappa shape index (κ2) is 9.48. The first kappa shape index (κ1) is 21.8. The van der Waals surface area contributed by atoms with Crippen LogP contribution in [0.2, 0.25) is 0 Å². The molecule has 0 N–H and O–H groups in total. The van der Waals surface area contributed by atoms with Crippen molar-refractivity contribution in [3.63, 3.8) is 0 Å². The standard InChI is InChI=1S/C26H38N4O2/c1-18-21-13-14-23(31)30(17-20-10-3-2-4-11-20)26(21)28-25(27-18)22-12-7-15-29(22)24(32)16-19-8-5-6-9-19/h19-20,22H,2-17H2,1H3/t22-/m1/s1. The number of hydrogen-bond acceptors (Lipinski definition) is 4. The van der Waals surface area contributed by atoms with Crippen molar-refractivity contribution in [1.29, 1.82) is 0 Å². The van der Waals surface area contributed by atoms with E-state index in [2.05, 4.69) is 6.92 Å². The Labute approximate surface area is 192 Å². The third kappa shape index (κ3) is 4.42. The molecule has 2 aliphatic carbocycles. The summed E-state index contributed by atoms with van der Waals surface area (Å²) in [5, 5.41) is 0. The molecule has 2 saturated carbocycles. The zero-order valence-corrected chi connectivity index (χ0v) is 19.7. The molecule has 5 rings (SSSR count). The van der Waals surface area contributed by atoms with E-state index in [-0.39, 0.29) is 17.9 Å². The van der Waals surface area contributed by atoms with Crippen LogP contribution in [0.4, 0.5) is 5.82 Å². The smallest absolute Gasteiger partial charge is 0.228 e. The van der Waals surface area contributed by atoms with Gasteiger partial charge in [-0.05, 0) is 63.7 Å². The molecule has 1 saturated heterocycles. The van der Waals surface area contributed by atoms with Gasteiger partial charge in [0.15, 0.2) is 5.82 Å². The number of carbonyl (C=O) groups is 2. The van der Waals surface area contributed by atoms with Gasteiger partial charge in [0.2, 0.25) is 11.8 Å². The highest BCUT2D eigenvalue weighted by molar-refractivity contribution is 5.95. The number of fused-ring (bicyclic) bond motifs is 1.